The summed E-state index contributed by atoms with van der Waals surface area (Å²) in [6.07, 6.45) is 1.11. The molecule has 0 aliphatic heterocycles. The van der Waals surface area contributed by atoms with Gasteiger partial charge in [-0.25, -0.2) is 0 Å². The molecule has 1 amide bonds. The van der Waals surface area contributed by atoms with Gasteiger partial charge in [0.05, 0.1) is 0 Å². The number of rotatable bonds is 1. The quantitative estimate of drug-likeness (QED) is 0.393. The van der Waals surface area contributed by atoms with Gasteiger partial charge in [0.15, 0.2) is 0 Å². The Bertz CT molecular complexity index is 90.9. The van der Waals surface area contributed by atoms with Crippen LogP contribution in [-0.4, -0.2) is 12.2 Å². The minimum Gasteiger partial charge on any atom is -0.316 e. The fraction of sp³-hybridized carbons (Fsp3) is 0.333. The van der Waals surface area contributed by atoms with Crippen molar-refractivity contribution in [3.05, 3.63) is 0 Å². The standard InChI is InChI=1S/C3H5ClN2O/c1-3(7)5-2-6-4/h2H,1H3,(H,5,6,7). The molecule has 40 valence electrons. The van der Waals surface area contributed by atoms with Crippen molar-refractivity contribution in [1.82, 2.24) is 5.32 Å². The van der Waals surface area contributed by atoms with Crippen molar-refractivity contribution in [1.29, 1.82) is 0 Å². The number of carbonyl (C=O) groups excluding carboxylic acids is 1. The second-order valence-electron chi connectivity index (χ2n) is 0.927. The van der Waals surface area contributed by atoms with Crippen LogP contribution >= 0.6 is 11.8 Å². The summed E-state index contributed by atoms with van der Waals surface area (Å²) < 4.78 is 2.99. The summed E-state index contributed by atoms with van der Waals surface area (Å²) in [5.41, 5.74) is 0. The molecule has 0 bridgehead atoms. The molecule has 0 radical (unpaired) electrons. The maximum atomic E-state index is 9.94. The van der Waals surface area contributed by atoms with Gasteiger partial charge in [-0.15, -0.1) is 0 Å². The molecular weight excluding hydrogens is 115 g/mol. The number of amides is 1. The van der Waals surface area contributed by atoms with E-state index in [0.717, 1.165) is 6.34 Å². The number of halogens is 1. The van der Waals surface area contributed by atoms with Crippen molar-refractivity contribution in [2.45, 2.75) is 6.92 Å². The second kappa shape index (κ2) is 3.61. The molecule has 0 fully saturated rings. The van der Waals surface area contributed by atoms with Gasteiger partial charge in [0.2, 0.25) is 5.91 Å². The Hall–Kier alpha value is -0.570. The summed E-state index contributed by atoms with van der Waals surface area (Å²) in [6, 6.07) is 0. The number of nitrogens with zero attached hydrogens (tertiary/aromatic N) is 1. The van der Waals surface area contributed by atoms with Gasteiger partial charge < -0.3 is 5.32 Å². The lowest BCUT2D eigenvalue weighted by Gasteiger charge is -1.83. The van der Waals surface area contributed by atoms with E-state index < -0.39 is 0 Å². The fourth-order valence-corrected chi connectivity index (χ4v) is 0.164. The Morgan fingerprint density at radius 3 is 2.71 bits per heavy atom. The molecule has 3 nitrogen and oxygen atoms in total. The van der Waals surface area contributed by atoms with Gasteiger partial charge in [0.1, 0.15) is 6.34 Å². The summed E-state index contributed by atoms with van der Waals surface area (Å²) in [7, 11) is 0. The van der Waals surface area contributed by atoms with Crippen LogP contribution in [0.4, 0.5) is 0 Å². The molecule has 0 saturated carbocycles. The zero-order valence-corrected chi connectivity index (χ0v) is 4.57. The van der Waals surface area contributed by atoms with Gasteiger partial charge in [0, 0.05) is 18.7 Å². The van der Waals surface area contributed by atoms with Gasteiger partial charge >= 0.3 is 0 Å². The first-order chi connectivity index (χ1) is 3.27. The molecule has 0 aromatic carbocycles. The van der Waals surface area contributed by atoms with Crippen LogP contribution in [-0.2, 0) is 4.79 Å². The monoisotopic (exact) mass is 120 g/mol. The van der Waals surface area contributed by atoms with Crippen molar-refractivity contribution in [3.8, 4) is 0 Å². The first kappa shape index (κ1) is 6.43. The second-order valence-corrected chi connectivity index (χ2v) is 1.12. The van der Waals surface area contributed by atoms with Crippen LogP contribution in [0.2, 0.25) is 0 Å². The van der Waals surface area contributed by atoms with E-state index in [1.807, 2.05) is 0 Å². The van der Waals surface area contributed by atoms with Gasteiger partial charge in [-0.05, 0) is 0 Å². The third kappa shape index (κ3) is 5.43. The Kier molecular flexibility index (Phi) is 3.32. The first-order valence-electron chi connectivity index (χ1n) is 1.67. The largest absolute Gasteiger partial charge is 0.316 e. The van der Waals surface area contributed by atoms with E-state index in [-0.39, 0.29) is 5.91 Å². The van der Waals surface area contributed by atoms with Crippen LogP contribution in [0.5, 0.6) is 0 Å². The molecule has 0 aromatic heterocycles. The predicted octanol–water partition coefficient (Wildman–Crippen LogP) is 0.305. The molecule has 1 N–H and O–H groups in total. The third-order valence-electron chi connectivity index (χ3n) is 0.317. The molecule has 0 aromatic rings. The fourth-order valence-electron chi connectivity index (χ4n) is 0.115. The lowest BCUT2D eigenvalue weighted by molar-refractivity contribution is -0.117. The number of hydrogen-bond acceptors (Lipinski definition) is 2. The minimum atomic E-state index is -0.176. The highest BCUT2D eigenvalue weighted by Crippen LogP contribution is 1.65. The SMILES string of the molecule is CC(=O)N/C=N\Cl. The van der Waals surface area contributed by atoms with Gasteiger partial charge in [-0.2, -0.15) is 4.51 Å². The van der Waals surface area contributed by atoms with E-state index in [1.54, 1.807) is 0 Å². The highest BCUT2D eigenvalue weighted by Gasteiger charge is 1.78. The average molecular weight is 121 g/mol. The molecule has 0 saturated heterocycles. The molecule has 0 unspecified atom stereocenters. The minimum absolute atomic E-state index is 0.176. The van der Waals surface area contributed by atoms with Crippen LogP contribution in [0.3, 0.4) is 0 Å². The molecule has 0 atom stereocenters. The number of hydrogen-bond donors (Lipinski definition) is 1. The van der Waals surface area contributed by atoms with Crippen molar-refractivity contribution in [3.63, 3.8) is 0 Å². The normalized spacial score (nSPS) is 9.43. The lowest BCUT2D eigenvalue weighted by atomic mass is 10.7. The first-order valence-corrected chi connectivity index (χ1v) is 2.01. The van der Waals surface area contributed by atoms with Crippen LogP contribution in [0.25, 0.3) is 0 Å². The third-order valence-corrected chi connectivity index (χ3v) is 0.414. The topological polar surface area (TPSA) is 41.5 Å². The Morgan fingerprint density at radius 1 is 2.00 bits per heavy atom. The summed E-state index contributed by atoms with van der Waals surface area (Å²) in [5.74, 6) is -0.176. The summed E-state index contributed by atoms with van der Waals surface area (Å²) in [6.45, 7) is 1.37. The van der Waals surface area contributed by atoms with Crippen LogP contribution < -0.4 is 5.32 Å². The highest BCUT2D eigenvalue weighted by molar-refractivity contribution is 6.17. The maximum absolute atomic E-state index is 9.94. The van der Waals surface area contributed by atoms with Crippen molar-refractivity contribution >= 4 is 24.0 Å². The molecule has 0 heterocycles. The Balaban J connectivity index is 3.14. The molecule has 0 rings (SSSR count). The zero-order valence-electron chi connectivity index (χ0n) is 3.81. The molecule has 7 heavy (non-hydrogen) atoms. The van der Waals surface area contributed by atoms with E-state index in [4.69, 9.17) is 11.8 Å². The van der Waals surface area contributed by atoms with Crippen molar-refractivity contribution in [2.24, 2.45) is 4.51 Å². The Morgan fingerprint density at radius 2 is 2.57 bits per heavy atom. The van der Waals surface area contributed by atoms with Crippen molar-refractivity contribution < 1.29 is 4.79 Å². The van der Waals surface area contributed by atoms with E-state index in [9.17, 15) is 4.79 Å². The predicted molar refractivity (Wildman–Crippen MR) is 28.2 cm³/mol. The molecule has 0 aliphatic carbocycles. The summed E-state index contributed by atoms with van der Waals surface area (Å²) in [5, 5.41) is 2.23. The summed E-state index contributed by atoms with van der Waals surface area (Å²) in [4.78, 5) is 9.94. The van der Waals surface area contributed by atoms with Crippen LogP contribution in [0.15, 0.2) is 4.51 Å². The van der Waals surface area contributed by atoms with E-state index in [1.165, 1.54) is 6.92 Å². The molecule has 4 heteroatoms. The van der Waals surface area contributed by atoms with Gasteiger partial charge in [-0.1, -0.05) is 0 Å². The maximum Gasteiger partial charge on any atom is 0.221 e. The molecule has 0 spiro atoms. The highest BCUT2D eigenvalue weighted by atomic mass is 35.5. The smallest absolute Gasteiger partial charge is 0.221 e. The Labute approximate surface area is 46.5 Å². The lowest BCUT2D eigenvalue weighted by Crippen LogP contribution is -2.16. The number of nitrogens with one attached hydrogen (secondary N) is 1. The van der Waals surface area contributed by atoms with Crippen LogP contribution in [0.1, 0.15) is 6.92 Å². The van der Waals surface area contributed by atoms with E-state index in [2.05, 4.69) is 9.83 Å². The van der Waals surface area contributed by atoms with Gasteiger partial charge in [-0.3, -0.25) is 4.79 Å². The molecule has 0 aliphatic rings. The van der Waals surface area contributed by atoms with Crippen LogP contribution in [0, 0.1) is 0 Å². The van der Waals surface area contributed by atoms with E-state index in [0.29, 0.717) is 0 Å². The van der Waals surface area contributed by atoms with E-state index >= 15 is 0 Å². The average Bonchev–Trinajstić information content (AvgIpc) is 1.61. The van der Waals surface area contributed by atoms with Crippen molar-refractivity contribution in [2.75, 3.05) is 0 Å². The molecular formula is C3H5ClN2O. The van der Waals surface area contributed by atoms with Gasteiger partial charge in [0.25, 0.3) is 0 Å². The number of carbonyl (C=O) groups is 1. The zero-order chi connectivity index (χ0) is 5.70. The summed E-state index contributed by atoms with van der Waals surface area (Å²) >= 11 is 4.80.